The smallest absolute Gasteiger partial charge is 0.251 e. The van der Waals surface area contributed by atoms with E-state index in [0.717, 1.165) is 11.8 Å². The summed E-state index contributed by atoms with van der Waals surface area (Å²) >= 11 is 5.97. The molecule has 6 heteroatoms. The van der Waals surface area contributed by atoms with E-state index in [4.69, 9.17) is 11.6 Å². The zero-order valence-corrected chi connectivity index (χ0v) is 18.0. The van der Waals surface area contributed by atoms with Gasteiger partial charge in [0, 0.05) is 42.2 Å². The summed E-state index contributed by atoms with van der Waals surface area (Å²) in [5.41, 5.74) is 0.632. The minimum Gasteiger partial charge on any atom is -0.385 e. The van der Waals surface area contributed by atoms with Gasteiger partial charge in [0.2, 0.25) is 0 Å². The molecule has 0 spiro atoms. The second-order valence-electron chi connectivity index (χ2n) is 8.22. The van der Waals surface area contributed by atoms with Crippen LogP contribution in [-0.4, -0.2) is 47.9 Å². The first kappa shape index (κ1) is 22.5. The summed E-state index contributed by atoms with van der Waals surface area (Å²) in [6, 6.07) is 16.3. The molecule has 0 aliphatic carbocycles. The lowest BCUT2D eigenvalue weighted by atomic mass is 9.84. The van der Waals surface area contributed by atoms with Crippen LogP contribution in [0.5, 0.6) is 0 Å². The number of rotatable bonds is 8. The Bertz CT molecular complexity index is 833. The zero-order valence-electron chi connectivity index (χ0n) is 17.3. The lowest BCUT2D eigenvalue weighted by molar-refractivity contribution is -0.111. The van der Waals surface area contributed by atoms with E-state index in [-0.39, 0.29) is 17.9 Å². The van der Waals surface area contributed by atoms with Crippen LogP contribution in [-0.2, 0) is 10.4 Å². The normalized spacial score (nSPS) is 18.4. The Morgan fingerprint density at radius 1 is 1.17 bits per heavy atom. The number of aliphatic hydroxyl groups is 1. The van der Waals surface area contributed by atoms with Gasteiger partial charge in [0.15, 0.2) is 0 Å². The third kappa shape index (κ3) is 5.91. The van der Waals surface area contributed by atoms with Crippen molar-refractivity contribution >= 4 is 23.8 Å². The Balaban J connectivity index is 1.61. The average Bonchev–Trinajstić information content (AvgIpc) is 2.76. The summed E-state index contributed by atoms with van der Waals surface area (Å²) in [7, 11) is 0. The molecular formula is C24H29ClN2O3. The number of carbonyl (C=O) groups is 2. The number of piperidine rings is 1. The SMILES string of the molecule is CC(C=O)CC(CN1CCC(O)(c2ccc(Cl)cc2)CC1)NC(=O)c1ccccc1. The van der Waals surface area contributed by atoms with Crippen molar-refractivity contribution in [3.63, 3.8) is 0 Å². The van der Waals surface area contributed by atoms with Crippen LogP contribution in [0.1, 0.15) is 42.1 Å². The van der Waals surface area contributed by atoms with Gasteiger partial charge in [-0.1, -0.05) is 48.9 Å². The first-order valence-corrected chi connectivity index (χ1v) is 10.8. The average molecular weight is 429 g/mol. The molecule has 3 rings (SSSR count). The van der Waals surface area contributed by atoms with Gasteiger partial charge in [-0.05, 0) is 49.1 Å². The van der Waals surface area contributed by atoms with Gasteiger partial charge < -0.3 is 20.1 Å². The van der Waals surface area contributed by atoms with E-state index in [2.05, 4.69) is 10.2 Å². The van der Waals surface area contributed by atoms with E-state index in [9.17, 15) is 14.7 Å². The molecule has 5 nitrogen and oxygen atoms in total. The minimum atomic E-state index is -0.861. The standard InChI is InChI=1S/C24H29ClN2O3/c1-18(17-28)15-22(26-23(29)19-5-3-2-4-6-19)16-27-13-11-24(30,12-14-27)20-7-9-21(25)10-8-20/h2-10,17-18,22,30H,11-16H2,1H3,(H,26,29). The van der Waals surface area contributed by atoms with Gasteiger partial charge in [-0.3, -0.25) is 4.79 Å². The molecule has 0 radical (unpaired) electrons. The first-order valence-electron chi connectivity index (χ1n) is 10.4. The number of amides is 1. The van der Waals surface area contributed by atoms with Crippen molar-refractivity contribution in [1.29, 1.82) is 0 Å². The quantitative estimate of drug-likeness (QED) is 0.630. The Morgan fingerprint density at radius 2 is 1.80 bits per heavy atom. The number of aldehydes is 1. The Kier molecular flexibility index (Phi) is 7.64. The molecule has 1 amide bonds. The molecule has 1 aliphatic rings. The van der Waals surface area contributed by atoms with Crippen molar-refractivity contribution < 1.29 is 14.7 Å². The molecule has 1 heterocycles. The zero-order chi connectivity index (χ0) is 21.6. The molecule has 2 aromatic carbocycles. The molecule has 1 saturated heterocycles. The number of halogens is 1. The number of likely N-dealkylation sites (tertiary alicyclic amines) is 1. The van der Waals surface area contributed by atoms with Crippen LogP contribution >= 0.6 is 11.6 Å². The molecule has 160 valence electrons. The van der Waals surface area contributed by atoms with Crippen molar-refractivity contribution in [3.8, 4) is 0 Å². The summed E-state index contributed by atoms with van der Waals surface area (Å²) < 4.78 is 0. The number of nitrogens with one attached hydrogen (secondary N) is 1. The molecule has 2 unspecified atom stereocenters. The maximum absolute atomic E-state index is 12.6. The fourth-order valence-corrected chi connectivity index (χ4v) is 4.13. The van der Waals surface area contributed by atoms with Crippen molar-refractivity contribution in [1.82, 2.24) is 10.2 Å². The molecule has 0 bridgehead atoms. The number of hydrogen-bond donors (Lipinski definition) is 2. The van der Waals surface area contributed by atoms with E-state index in [1.165, 1.54) is 0 Å². The predicted molar refractivity (Wildman–Crippen MR) is 119 cm³/mol. The number of carbonyl (C=O) groups excluding carboxylic acids is 2. The second-order valence-corrected chi connectivity index (χ2v) is 8.66. The maximum atomic E-state index is 12.6. The summed E-state index contributed by atoms with van der Waals surface area (Å²) in [6.45, 7) is 3.94. The van der Waals surface area contributed by atoms with E-state index >= 15 is 0 Å². The van der Waals surface area contributed by atoms with Gasteiger partial charge in [0.1, 0.15) is 6.29 Å². The fourth-order valence-electron chi connectivity index (χ4n) is 4.01. The minimum absolute atomic E-state index is 0.131. The monoisotopic (exact) mass is 428 g/mol. The first-order chi connectivity index (χ1) is 14.4. The van der Waals surface area contributed by atoms with Gasteiger partial charge in [-0.2, -0.15) is 0 Å². The molecule has 2 atom stereocenters. The Morgan fingerprint density at radius 3 is 2.40 bits per heavy atom. The van der Waals surface area contributed by atoms with Crippen LogP contribution in [0.2, 0.25) is 5.02 Å². The molecular weight excluding hydrogens is 400 g/mol. The van der Waals surface area contributed by atoms with Gasteiger partial charge in [0.25, 0.3) is 5.91 Å². The number of benzene rings is 2. The topological polar surface area (TPSA) is 69.6 Å². The summed E-state index contributed by atoms with van der Waals surface area (Å²) in [5, 5.41) is 14.8. The molecule has 2 aromatic rings. The van der Waals surface area contributed by atoms with Crippen LogP contribution in [0.15, 0.2) is 54.6 Å². The van der Waals surface area contributed by atoms with E-state index < -0.39 is 5.60 Å². The van der Waals surface area contributed by atoms with Crippen molar-refractivity contribution in [2.24, 2.45) is 5.92 Å². The summed E-state index contributed by atoms with van der Waals surface area (Å²) in [5.74, 6) is -0.268. The lowest BCUT2D eigenvalue weighted by Gasteiger charge is -2.40. The molecule has 0 saturated carbocycles. The molecule has 1 fully saturated rings. The fraction of sp³-hybridized carbons (Fsp3) is 0.417. The highest BCUT2D eigenvalue weighted by Crippen LogP contribution is 2.33. The van der Waals surface area contributed by atoms with Crippen LogP contribution in [0.3, 0.4) is 0 Å². The summed E-state index contributed by atoms with van der Waals surface area (Å²) in [6.07, 6.45) is 2.73. The lowest BCUT2D eigenvalue weighted by Crippen LogP contribution is -2.49. The van der Waals surface area contributed by atoms with Crippen LogP contribution in [0.4, 0.5) is 0 Å². The van der Waals surface area contributed by atoms with Crippen LogP contribution in [0, 0.1) is 5.92 Å². The van der Waals surface area contributed by atoms with Crippen molar-refractivity contribution in [3.05, 3.63) is 70.7 Å². The molecule has 1 aliphatic heterocycles. The van der Waals surface area contributed by atoms with Crippen LogP contribution < -0.4 is 5.32 Å². The predicted octanol–water partition coefficient (Wildman–Crippen LogP) is 3.65. The highest BCUT2D eigenvalue weighted by atomic mass is 35.5. The highest BCUT2D eigenvalue weighted by Gasteiger charge is 2.34. The third-order valence-electron chi connectivity index (χ3n) is 5.80. The third-order valence-corrected chi connectivity index (χ3v) is 6.06. The van der Waals surface area contributed by atoms with Crippen molar-refractivity contribution in [2.45, 2.75) is 37.8 Å². The molecule has 2 N–H and O–H groups in total. The van der Waals surface area contributed by atoms with Crippen molar-refractivity contribution in [2.75, 3.05) is 19.6 Å². The molecule has 30 heavy (non-hydrogen) atoms. The van der Waals surface area contributed by atoms with E-state index in [1.807, 2.05) is 37.3 Å². The number of nitrogens with zero attached hydrogens (tertiary/aromatic N) is 1. The summed E-state index contributed by atoms with van der Waals surface area (Å²) in [4.78, 5) is 26.0. The van der Waals surface area contributed by atoms with Gasteiger partial charge in [-0.25, -0.2) is 0 Å². The van der Waals surface area contributed by atoms with Gasteiger partial charge in [-0.15, -0.1) is 0 Å². The number of hydrogen-bond acceptors (Lipinski definition) is 4. The molecule has 0 aromatic heterocycles. The largest absolute Gasteiger partial charge is 0.385 e. The van der Waals surface area contributed by atoms with E-state index in [0.29, 0.717) is 49.5 Å². The van der Waals surface area contributed by atoms with Gasteiger partial charge in [0.05, 0.1) is 5.60 Å². The Hall–Kier alpha value is -2.21. The Labute approximate surface area is 183 Å². The highest BCUT2D eigenvalue weighted by molar-refractivity contribution is 6.30. The van der Waals surface area contributed by atoms with Crippen LogP contribution in [0.25, 0.3) is 0 Å². The second kappa shape index (κ2) is 10.2. The van der Waals surface area contributed by atoms with E-state index in [1.54, 1.807) is 24.3 Å². The maximum Gasteiger partial charge on any atom is 0.251 e. The van der Waals surface area contributed by atoms with Gasteiger partial charge >= 0.3 is 0 Å².